The third-order valence-electron chi connectivity index (χ3n) is 6.19. The topological polar surface area (TPSA) is 111 Å². The predicted molar refractivity (Wildman–Crippen MR) is 127 cm³/mol. The number of carbonyl (C=O) groups excluding carboxylic acids is 1. The Hall–Kier alpha value is -3.86. The van der Waals surface area contributed by atoms with E-state index in [1.54, 1.807) is 0 Å². The number of rotatable bonds is 7. The summed E-state index contributed by atoms with van der Waals surface area (Å²) in [5.41, 5.74) is -4.79. The summed E-state index contributed by atoms with van der Waals surface area (Å²) in [4.78, 5) is 24.7. The summed E-state index contributed by atoms with van der Waals surface area (Å²) in [5.74, 6) is -1.61. The van der Waals surface area contributed by atoms with Crippen molar-refractivity contribution in [3.8, 4) is 0 Å². The Morgan fingerprint density at radius 2 is 1.81 bits per heavy atom. The maximum atomic E-state index is 14.1. The highest BCUT2D eigenvalue weighted by atomic mass is 19.4. The van der Waals surface area contributed by atoms with Gasteiger partial charge in [-0.3, -0.25) is 4.79 Å². The average molecular weight is 518 g/mol. The van der Waals surface area contributed by atoms with Gasteiger partial charge >= 0.3 is 11.8 Å². The van der Waals surface area contributed by atoms with Crippen molar-refractivity contribution < 1.29 is 37.1 Å². The van der Waals surface area contributed by atoms with Gasteiger partial charge in [0.05, 0.1) is 11.1 Å². The Bertz CT molecular complexity index is 1400. The van der Waals surface area contributed by atoms with Gasteiger partial charge < -0.3 is 24.4 Å². The average Bonchev–Trinajstić information content (AvgIpc) is 3.31. The number of hydrogen-bond donors (Lipinski definition) is 2. The first-order valence-corrected chi connectivity index (χ1v) is 11.4. The minimum Gasteiger partial charge on any atom is -0.459 e. The van der Waals surface area contributed by atoms with Gasteiger partial charge in [-0.05, 0) is 30.7 Å². The fourth-order valence-corrected chi connectivity index (χ4v) is 4.13. The van der Waals surface area contributed by atoms with Crippen LogP contribution >= 0.6 is 0 Å². The maximum absolute atomic E-state index is 14.1. The van der Waals surface area contributed by atoms with Crippen molar-refractivity contribution in [3.63, 3.8) is 0 Å². The summed E-state index contributed by atoms with van der Waals surface area (Å²) < 4.78 is 58.3. The summed E-state index contributed by atoms with van der Waals surface area (Å²) in [6.45, 7) is 4.37. The molecule has 11 heteroatoms. The zero-order valence-corrected chi connectivity index (χ0v) is 20.3. The van der Waals surface area contributed by atoms with Crippen molar-refractivity contribution in [3.05, 3.63) is 82.2 Å². The highest BCUT2D eigenvalue weighted by Crippen LogP contribution is 2.45. The molecule has 2 heterocycles. The molecule has 0 saturated heterocycles. The van der Waals surface area contributed by atoms with Crippen LogP contribution in [0.1, 0.15) is 31.5 Å². The monoisotopic (exact) mass is 518 g/mol. The van der Waals surface area contributed by atoms with Gasteiger partial charge in [0, 0.05) is 29.3 Å². The molecule has 0 fully saturated rings. The molecule has 196 valence electrons. The first-order valence-electron chi connectivity index (χ1n) is 11.4. The van der Waals surface area contributed by atoms with Crippen molar-refractivity contribution in [2.24, 2.45) is 5.41 Å². The summed E-state index contributed by atoms with van der Waals surface area (Å²) in [6, 6.07) is 13.1. The van der Waals surface area contributed by atoms with Crippen LogP contribution in [0, 0.1) is 12.3 Å². The lowest BCUT2D eigenvalue weighted by Gasteiger charge is -2.36. The standard InChI is InChI=1S/C26H25F3N2O6/c1-15-19-12-17(9-10-18(19)22(32)37-31-15)30-23(33)25(34,26(27,28)29)14-24(2,3)20-13-35-21(36-20)11-16-7-5-4-6-8-16/h4-10,12-13,21,34H,11,14H2,1-3H3,(H,30,33). The Morgan fingerprint density at radius 1 is 1.11 bits per heavy atom. The molecule has 0 spiro atoms. The lowest BCUT2D eigenvalue weighted by atomic mass is 9.78. The van der Waals surface area contributed by atoms with Crippen LogP contribution in [0.15, 0.2) is 69.9 Å². The van der Waals surface area contributed by atoms with Crippen molar-refractivity contribution in [2.75, 3.05) is 5.32 Å². The van der Waals surface area contributed by atoms with Gasteiger partial charge in [0.25, 0.3) is 5.91 Å². The van der Waals surface area contributed by atoms with Gasteiger partial charge in [-0.15, -0.1) is 0 Å². The number of benzene rings is 2. The third kappa shape index (κ3) is 5.31. The zero-order chi connectivity index (χ0) is 27.0. The molecule has 2 N–H and O–H groups in total. The lowest BCUT2D eigenvalue weighted by molar-refractivity contribution is -0.257. The van der Waals surface area contributed by atoms with Gasteiger partial charge in [-0.25, -0.2) is 4.79 Å². The van der Waals surface area contributed by atoms with Crippen LogP contribution in [0.4, 0.5) is 18.9 Å². The number of fused-ring (bicyclic) bond motifs is 1. The molecule has 1 amide bonds. The molecular weight excluding hydrogens is 493 g/mol. The second-order valence-corrected chi connectivity index (χ2v) is 9.54. The van der Waals surface area contributed by atoms with E-state index >= 15 is 0 Å². The summed E-state index contributed by atoms with van der Waals surface area (Å²) in [6.07, 6.45) is -5.53. The van der Waals surface area contributed by atoms with E-state index < -0.39 is 41.4 Å². The van der Waals surface area contributed by atoms with Crippen LogP contribution in [-0.2, 0) is 20.7 Å². The molecule has 2 atom stereocenters. The zero-order valence-electron chi connectivity index (χ0n) is 20.3. The summed E-state index contributed by atoms with van der Waals surface area (Å²) in [5, 5.41) is 16.9. The summed E-state index contributed by atoms with van der Waals surface area (Å²) >= 11 is 0. The van der Waals surface area contributed by atoms with E-state index in [1.807, 2.05) is 30.3 Å². The number of nitrogens with one attached hydrogen (secondary N) is 1. The number of carbonyl (C=O) groups is 1. The Labute approximate surface area is 209 Å². The third-order valence-corrected chi connectivity index (χ3v) is 6.19. The first-order chi connectivity index (χ1) is 17.3. The number of aromatic nitrogens is 1. The van der Waals surface area contributed by atoms with Crippen molar-refractivity contribution in [1.29, 1.82) is 0 Å². The first kappa shape index (κ1) is 26.2. The number of aliphatic hydroxyl groups is 1. The molecule has 0 saturated carbocycles. The van der Waals surface area contributed by atoms with Crippen LogP contribution in [0.25, 0.3) is 10.8 Å². The highest BCUT2D eigenvalue weighted by molar-refractivity contribution is 5.99. The minimum absolute atomic E-state index is 0.0592. The molecule has 37 heavy (non-hydrogen) atoms. The van der Waals surface area contributed by atoms with Gasteiger partial charge in [0.2, 0.25) is 11.9 Å². The molecule has 2 unspecified atom stereocenters. The second-order valence-electron chi connectivity index (χ2n) is 9.54. The second kappa shape index (κ2) is 9.55. The Morgan fingerprint density at radius 3 is 2.49 bits per heavy atom. The van der Waals surface area contributed by atoms with E-state index in [2.05, 4.69) is 15.0 Å². The quantitative estimate of drug-likeness (QED) is 0.470. The van der Waals surface area contributed by atoms with Crippen LogP contribution in [0.3, 0.4) is 0 Å². The van der Waals surface area contributed by atoms with Crippen LogP contribution in [0.2, 0.25) is 0 Å². The molecule has 4 rings (SSSR count). The molecule has 1 aromatic heterocycles. The number of anilines is 1. The number of hydrogen-bond acceptors (Lipinski definition) is 7. The van der Waals surface area contributed by atoms with Gasteiger partial charge in [0.1, 0.15) is 12.0 Å². The Balaban J connectivity index is 1.53. The Kier molecular flexibility index (Phi) is 6.76. The molecule has 0 aliphatic carbocycles. The number of ether oxygens (including phenoxy) is 2. The fourth-order valence-electron chi connectivity index (χ4n) is 4.13. The minimum atomic E-state index is -5.31. The lowest BCUT2D eigenvalue weighted by Crippen LogP contribution is -2.57. The van der Waals surface area contributed by atoms with E-state index in [0.717, 1.165) is 5.56 Å². The molecule has 8 nitrogen and oxygen atoms in total. The number of allylic oxidation sites excluding steroid dienone is 1. The smallest absolute Gasteiger partial charge is 0.426 e. The van der Waals surface area contributed by atoms with E-state index in [9.17, 15) is 27.9 Å². The molecule has 3 aromatic rings. The SMILES string of the molecule is Cc1noc(=O)c2ccc(NC(=O)C(O)(CC(C)(C)C3=COC(Cc4ccccc4)O3)C(F)(F)F)cc12. The van der Waals surface area contributed by atoms with Crippen LogP contribution in [-0.4, -0.2) is 34.2 Å². The van der Waals surface area contributed by atoms with E-state index in [1.165, 1.54) is 45.2 Å². The van der Waals surface area contributed by atoms with E-state index in [4.69, 9.17) is 9.47 Å². The largest absolute Gasteiger partial charge is 0.459 e. The summed E-state index contributed by atoms with van der Waals surface area (Å²) in [7, 11) is 0. The maximum Gasteiger partial charge on any atom is 0.426 e. The van der Waals surface area contributed by atoms with Crippen LogP contribution in [0.5, 0.6) is 0 Å². The predicted octanol–water partition coefficient (Wildman–Crippen LogP) is 4.60. The molecule has 2 aromatic carbocycles. The van der Waals surface area contributed by atoms with Crippen molar-refractivity contribution >= 4 is 22.4 Å². The molecule has 1 aliphatic heterocycles. The van der Waals surface area contributed by atoms with Crippen LogP contribution < -0.4 is 10.9 Å². The van der Waals surface area contributed by atoms with Gasteiger partial charge in [-0.2, -0.15) is 13.2 Å². The molecule has 1 aliphatic rings. The molecular formula is C26H25F3N2O6. The molecule has 0 bridgehead atoms. The number of aryl methyl sites for hydroxylation is 1. The van der Waals surface area contributed by atoms with E-state index in [-0.39, 0.29) is 22.2 Å². The van der Waals surface area contributed by atoms with Gasteiger partial charge in [0.15, 0.2) is 0 Å². The van der Waals surface area contributed by atoms with Crippen molar-refractivity contribution in [1.82, 2.24) is 5.16 Å². The van der Waals surface area contributed by atoms with E-state index in [0.29, 0.717) is 12.1 Å². The van der Waals surface area contributed by atoms with Gasteiger partial charge in [-0.1, -0.05) is 49.3 Å². The molecule has 0 radical (unpaired) electrons. The number of alkyl halides is 3. The number of nitrogens with zero attached hydrogens (tertiary/aromatic N) is 1. The number of halogens is 3. The highest BCUT2D eigenvalue weighted by Gasteiger charge is 2.62. The number of amides is 1. The fraction of sp³-hybridized carbons (Fsp3) is 0.346. The van der Waals surface area contributed by atoms with Crippen molar-refractivity contribution in [2.45, 2.75) is 51.7 Å². The normalized spacial score (nSPS) is 17.5.